The van der Waals surface area contributed by atoms with Crippen LogP contribution in [0.4, 0.5) is 5.69 Å². The number of rotatable bonds is 4. The average Bonchev–Trinajstić information content (AvgIpc) is 2.82. The number of aliphatic hydroxyl groups is 1. The smallest absolute Gasteiger partial charge is 0.0750 e. The molecule has 1 unspecified atom stereocenters. The van der Waals surface area contributed by atoms with Crippen molar-refractivity contribution >= 4 is 5.69 Å². The largest absolute Gasteiger partial charge is 0.392 e. The topological polar surface area (TPSA) is 32.7 Å². The molecule has 0 spiro atoms. The van der Waals surface area contributed by atoms with E-state index in [1.807, 2.05) is 24.3 Å². The molecule has 1 aromatic carbocycles. The number of anilines is 1. The Hall–Kier alpha value is -1.06. The zero-order valence-electron chi connectivity index (χ0n) is 9.72. The fourth-order valence-electron chi connectivity index (χ4n) is 2.06. The first-order valence-electron chi connectivity index (χ1n) is 5.82. The summed E-state index contributed by atoms with van der Waals surface area (Å²) in [4.78, 5) is 2.21. The van der Waals surface area contributed by atoms with E-state index in [0.717, 1.165) is 18.7 Å². The van der Waals surface area contributed by atoms with Gasteiger partial charge in [-0.25, -0.2) is 0 Å². The third-order valence-electron chi connectivity index (χ3n) is 3.06. The highest BCUT2D eigenvalue weighted by Gasteiger charge is 2.17. The third-order valence-corrected chi connectivity index (χ3v) is 3.06. The maximum absolute atomic E-state index is 8.96. The quantitative estimate of drug-likeness (QED) is 0.841. The minimum absolute atomic E-state index is 0.107. The molecule has 0 amide bonds. The first kappa shape index (κ1) is 11.4. The number of ether oxygens (including phenoxy) is 1. The second-order valence-electron chi connectivity index (χ2n) is 4.34. The number of aliphatic hydroxyl groups excluding tert-OH is 1. The van der Waals surface area contributed by atoms with Crippen LogP contribution in [0.1, 0.15) is 18.4 Å². The van der Waals surface area contributed by atoms with Gasteiger partial charge in [0.05, 0.1) is 12.7 Å². The SMILES string of the molecule is CN(CC1CCCO1)c1ccc(CO)cc1. The summed E-state index contributed by atoms with van der Waals surface area (Å²) in [6, 6.07) is 8.00. The molecule has 1 aliphatic rings. The third kappa shape index (κ3) is 2.74. The van der Waals surface area contributed by atoms with Gasteiger partial charge in [0.1, 0.15) is 0 Å². The van der Waals surface area contributed by atoms with Gasteiger partial charge in [-0.1, -0.05) is 12.1 Å². The van der Waals surface area contributed by atoms with E-state index in [0.29, 0.717) is 6.10 Å². The molecule has 0 aromatic heterocycles. The normalized spacial score (nSPS) is 20.0. The van der Waals surface area contributed by atoms with Crippen LogP contribution in [0.25, 0.3) is 0 Å². The Morgan fingerprint density at radius 2 is 2.12 bits per heavy atom. The lowest BCUT2D eigenvalue weighted by atomic mass is 10.2. The van der Waals surface area contributed by atoms with Crippen molar-refractivity contribution in [2.75, 3.05) is 25.1 Å². The molecule has 0 saturated carbocycles. The summed E-state index contributed by atoms with van der Waals surface area (Å²) in [5.41, 5.74) is 2.13. The predicted molar refractivity (Wildman–Crippen MR) is 64.6 cm³/mol. The molecular weight excluding hydrogens is 202 g/mol. The molecule has 1 fully saturated rings. The first-order chi connectivity index (χ1) is 7.79. The van der Waals surface area contributed by atoms with E-state index in [1.165, 1.54) is 18.5 Å². The van der Waals surface area contributed by atoms with Gasteiger partial charge in [-0.3, -0.25) is 0 Å². The van der Waals surface area contributed by atoms with Crippen LogP contribution in [-0.4, -0.2) is 31.4 Å². The van der Waals surface area contributed by atoms with Crippen LogP contribution in [0.5, 0.6) is 0 Å². The second kappa shape index (κ2) is 5.32. The molecule has 1 heterocycles. The highest BCUT2D eigenvalue weighted by molar-refractivity contribution is 5.46. The van der Waals surface area contributed by atoms with Crippen molar-refractivity contribution in [3.63, 3.8) is 0 Å². The van der Waals surface area contributed by atoms with Crippen LogP contribution in [0, 0.1) is 0 Å². The van der Waals surface area contributed by atoms with Gasteiger partial charge in [-0.05, 0) is 30.5 Å². The first-order valence-corrected chi connectivity index (χ1v) is 5.82. The molecule has 0 aliphatic carbocycles. The van der Waals surface area contributed by atoms with Crippen molar-refractivity contribution in [1.82, 2.24) is 0 Å². The fraction of sp³-hybridized carbons (Fsp3) is 0.538. The highest BCUT2D eigenvalue weighted by atomic mass is 16.5. The Kier molecular flexibility index (Phi) is 3.80. The van der Waals surface area contributed by atoms with E-state index < -0.39 is 0 Å². The van der Waals surface area contributed by atoms with E-state index >= 15 is 0 Å². The molecule has 1 aliphatic heterocycles. The standard InChI is InChI=1S/C13H19NO2/c1-14(9-13-3-2-8-16-13)12-6-4-11(10-15)5-7-12/h4-7,13,15H,2-3,8-10H2,1H3. The lowest BCUT2D eigenvalue weighted by Gasteiger charge is -2.22. The van der Waals surface area contributed by atoms with Gasteiger partial charge in [0.2, 0.25) is 0 Å². The Labute approximate surface area is 96.6 Å². The summed E-state index contributed by atoms with van der Waals surface area (Å²) in [6.45, 7) is 1.95. The summed E-state index contributed by atoms with van der Waals surface area (Å²) in [6.07, 6.45) is 2.73. The van der Waals surface area contributed by atoms with E-state index in [-0.39, 0.29) is 6.61 Å². The zero-order valence-corrected chi connectivity index (χ0v) is 9.72. The molecule has 0 radical (unpaired) electrons. The molecule has 3 heteroatoms. The molecule has 88 valence electrons. The van der Waals surface area contributed by atoms with Crippen LogP contribution >= 0.6 is 0 Å². The summed E-state index contributed by atoms with van der Waals surface area (Å²) < 4.78 is 5.61. The van der Waals surface area contributed by atoms with Gasteiger partial charge in [-0.15, -0.1) is 0 Å². The van der Waals surface area contributed by atoms with Gasteiger partial charge in [0.25, 0.3) is 0 Å². The number of benzene rings is 1. The lowest BCUT2D eigenvalue weighted by Crippen LogP contribution is -2.28. The van der Waals surface area contributed by atoms with Crippen molar-refractivity contribution in [3.8, 4) is 0 Å². The molecule has 1 N–H and O–H groups in total. The number of hydrogen-bond donors (Lipinski definition) is 1. The number of nitrogens with zero attached hydrogens (tertiary/aromatic N) is 1. The van der Waals surface area contributed by atoms with Crippen molar-refractivity contribution in [3.05, 3.63) is 29.8 Å². The molecule has 16 heavy (non-hydrogen) atoms. The number of hydrogen-bond acceptors (Lipinski definition) is 3. The summed E-state index contributed by atoms with van der Waals surface area (Å²) >= 11 is 0. The monoisotopic (exact) mass is 221 g/mol. The fourth-order valence-corrected chi connectivity index (χ4v) is 2.06. The zero-order chi connectivity index (χ0) is 11.4. The average molecular weight is 221 g/mol. The van der Waals surface area contributed by atoms with Crippen LogP contribution in [0.15, 0.2) is 24.3 Å². The van der Waals surface area contributed by atoms with Crippen molar-refractivity contribution in [2.45, 2.75) is 25.6 Å². The second-order valence-corrected chi connectivity index (χ2v) is 4.34. The molecule has 0 bridgehead atoms. The molecule has 1 atom stereocenters. The van der Waals surface area contributed by atoms with E-state index in [1.54, 1.807) is 0 Å². The van der Waals surface area contributed by atoms with Gasteiger partial charge < -0.3 is 14.7 Å². The van der Waals surface area contributed by atoms with Gasteiger partial charge in [-0.2, -0.15) is 0 Å². The summed E-state index contributed by atoms with van der Waals surface area (Å²) in [5, 5.41) is 8.96. The van der Waals surface area contributed by atoms with Gasteiger partial charge in [0, 0.05) is 25.9 Å². The van der Waals surface area contributed by atoms with Crippen LogP contribution in [-0.2, 0) is 11.3 Å². The Morgan fingerprint density at radius 3 is 2.69 bits per heavy atom. The van der Waals surface area contributed by atoms with Crippen LogP contribution in [0.3, 0.4) is 0 Å². The van der Waals surface area contributed by atoms with Crippen molar-refractivity contribution in [2.24, 2.45) is 0 Å². The Morgan fingerprint density at radius 1 is 1.38 bits per heavy atom. The minimum Gasteiger partial charge on any atom is -0.392 e. The maximum Gasteiger partial charge on any atom is 0.0750 e. The van der Waals surface area contributed by atoms with Gasteiger partial charge >= 0.3 is 0 Å². The lowest BCUT2D eigenvalue weighted by molar-refractivity contribution is 0.116. The molecule has 2 rings (SSSR count). The predicted octanol–water partition coefficient (Wildman–Crippen LogP) is 1.79. The maximum atomic E-state index is 8.96. The number of likely N-dealkylation sites (N-methyl/N-ethyl adjacent to an activating group) is 1. The minimum atomic E-state index is 0.107. The van der Waals surface area contributed by atoms with E-state index in [2.05, 4.69) is 11.9 Å². The summed E-state index contributed by atoms with van der Waals surface area (Å²) in [5.74, 6) is 0. The molecule has 1 aromatic rings. The molecule has 1 saturated heterocycles. The molecule has 3 nitrogen and oxygen atoms in total. The molecular formula is C13H19NO2. The van der Waals surface area contributed by atoms with Crippen LogP contribution < -0.4 is 4.90 Å². The van der Waals surface area contributed by atoms with E-state index in [9.17, 15) is 0 Å². The Balaban J connectivity index is 1.94. The van der Waals surface area contributed by atoms with Gasteiger partial charge in [0.15, 0.2) is 0 Å². The van der Waals surface area contributed by atoms with Crippen molar-refractivity contribution in [1.29, 1.82) is 0 Å². The van der Waals surface area contributed by atoms with Crippen LogP contribution in [0.2, 0.25) is 0 Å². The summed E-state index contributed by atoms with van der Waals surface area (Å²) in [7, 11) is 2.08. The van der Waals surface area contributed by atoms with E-state index in [4.69, 9.17) is 9.84 Å². The highest BCUT2D eigenvalue weighted by Crippen LogP contribution is 2.18. The van der Waals surface area contributed by atoms with Crippen molar-refractivity contribution < 1.29 is 9.84 Å². The Bertz CT molecular complexity index is 317.